The van der Waals surface area contributed by atoms with Crippen LogP contribution in [0.15, 0.2) is 34.8 Å². The van der Waals surface area contributed by atoms with Crippen molar-refractivity contribution in [2.75, 3.05) is 23.3 Å². The Balaban J connectivity index is 1.78. The predicted octanol–water partition coefficient (Wildman–Crippen LogP) is 3.69. The standard InChI is InChI=1S/C18H17BrN2O3/c1-10-2-3-16-14(6-10)20-18(23)12-7-13(19)15(8-17(12)24-16)21-5-4-11(22)9-21/h2-3,6-8,11,22H,4-5,9H2,1H3,(H,20,23). The number of halogens is 1. The van der Waals surface area contributed by atoms with Crippen LogP contribution >= 0.6 is 15.9 Å². The monoisotopic (exact) mass is 388 g/mol. The second-order valence-corrected chi connectivity index (χ2v) is 7.10. The topological polar surface area (TPSA) is 61.8 Å². The lowest BCUT2D eigenvalue weighted by molar-refractivity contribution is 0.102. The number of hydrogen-bond donors (Lipinski definition) is 2. The fourth-order valence-electron chi connectivity index (χ4n) is 3.15. The van der Waals surface area contributed by atoms with Crippen molar-refractivity contribution in [3.8, 4) is 11.5 Å². The molecule has 5 nitrogen and oxygen atoms in total. The van der Waals surface area contributed by atoms with E-state index in [1.165, 1.54) is 0 Å². The normalized spacial score (nSPS) is 19.2. The Labute approximate surface area is 148 Å². The van der Waals surface area contributed by atoms with Crippen LogP contribution in [0.4, 0.5) is 11.4 Å². The van der Waals surface area contributed by atoms with Crippen molar-refractivity contribution in [3.63, 3.8) is 0 Å². The fraction of sp³-hybridized carbons (Fsp3) is 0.278. The van der Waals surface area contributed by atoms with Crippen LogP contribution in [-0.2, 0) is 0 Å². The van der Waals surface area contributed by atoms with E-state index in [0.29, 0.717) is 29.3 Å². The zero-order valence-corrected chi connectivity index (χ0v) is 14.8. The van der Waals surface area contributed by atoms with E-state index in [4.69, 9.17) is 4.74 Å². The van der Waals surface area contributed by atoms with Gasteiger partial charge in [-0.25, -0.2) is 0 Å². The first-order chi connectivity index (χ1) is 11.5. The number of β-amino-alcohol motifs (C(OH)–C–C–N with tert-alkyl or cyclic N) is 1. The number of ether oxygens (including phenoxy) is 1. The maximum atomic E-state index is 12.6. The van der Waals surface area contributed by atoms with Gasteiger partial charge in [-0.15, -0.1) is 0 Å². The summed E-state index contributed by atoms with van der Waals surface area (Å²) in [5.74, 6) is 0.958. The van der Waals surface area contributed by atoms with Gasteiger partial charge in [0.1, 0.15) is 5.75 Å². The first kappa shape index (κ1) is 15.5. The molecule has 2 aliphatic rings. The van der Waals surface area contributed by atoms with E-state index in [2.05, 4.69) is 26.1 Å². The summed E-state index contributed by atoms with van der Waals surface area (Å²) in [5.41, 5.74) is 3.13. The highest BCUT2D eigenvalue weighted by atomic mass is 79.9. The van der Waals surface area contributed by atoms with E-state index in [1.54, 1.807) is 6.07 Å². The number of hydrogen-bond acceptors (Lipinski definition) is 4. The van der Waals surface area contributed by atoms with Gasteiger partial charge in [-0.3, -0.25) is 4.79 Å². The van der Waals surface area contributed by atoms with Crippen molar-refractivity contribution >= 4 is 33.2 Å². The summed E-state index contributed by atoms with van der Waals surface area (Å²) in [7, 11) is 0. The number of carbonyl (C=O) groups excluding carboxylic acids is 1. The molecule has 1 saturated heterocycles. The molecule has 2 N–H and O–H groups in total. The number of benzene rings is 2. The molecule has 1 amide bonds. The second kappa shape index (κ2) is 5.79. The van der Waals surface area contributed by atoms with E-state index in [9.17, 15) is 9.90 Å². The molecule has 24 heavy (non-hydrogen) atoms. The number of nitrogens with zero attached hydrogens (tertiary/aromatic N) is 1. The highest BCUT2D eigenvalue weighted by molar-refractivity contribution is 9.10. The van der Waals surface area contributed by atoms with Gasteiger partial charge in [-0.1, -0.05) is 6.07 Å². The van der Waals surface area contributed by atoms with Crippen LogP contribution in [0.1, 0.15) is 22.3 Å². The first-order valence-electron chi connectivity index (χ1n) is 7.87. The molecular formula is C18H17BrN2O3. The molecule has 0 bridgehead atoms. The van der Waals surface area contributed by atoms with E-state index in [0.717, 1.165) is 28.7 Å². The Hall–Kier alpha value is -2.05. The van der Waals surface area contributed by atoms with Gasteiger partial charge >= 0.3 is 0 Å². The average Bonchev–Trinajstić information content (AvgIpc) is 2.91. The van der Waals surface area contributed by atoms with Gasteiger partial charge in [0.25, 0.3) is 5.91 Å². The quantitative estimate of drug-likeness (QED) is 0.781. The molecule has 1 fully saturated rings. The van der Waals surface area contributed by atoms with E-state index >= 15 is 0 Å². The molecule has 2 aliphatic heterocycles. The molecule has 0 radical (unpaired) electrons. The molecule has 4 rings (SSSR count). The van der Waals surface area contributed by atoms with Gasteiger partial charge in [-0.2, -0.15) is 0 Å². The molecule has 1 unspecified atom stereocenters. The van der Waals surface area contributed by atoms with Crippen molar-refractivity contribution in [2.24, 2.45) is 0 Å². The minimum absolute atomic E-state index is 0.192. The Kier molecular flexibility index (Phi) is 3.73. The Bertz CT molecular complexity index is 837. The summed E-state index contributed by atoms with van der Waals surface area (Å²) < 4.78 is 6.83. The average molecular weight is 389 g/mol. The number of aliphatic hydroxyl groups excluding tert-OH is 1. The maximum Gasteiger partial charge on any atom is 0.259 e. The lowest BCUT2D eigenvalue weighted by Crippen LogP contribution is -2.22. The van der Waals surface area contributed by atoms with Crippen molar-refractivity contribution in [2.45, 2.75) is 19.4 Å². The van der Waals surface area contributed by atoms with Crippen LogP contribution in [0.5, 0.6) is 11.5 Å². The number of aryl methyl sites for hydroxylation is 1. The predicted molar refractivity (Wildman–Crippen MR) is 96.2 cm³/mol. The summed E-state index contributed by atoms with van der Waals surface area (Å²) >= 11 is 3.55. The van der Waals surface area contributed by atoms with Crippen LogP contribution in [0.3, 0.4) is 0 Å². The van der Waals surface area contributed by atoms with E-state index < -0.39 is 0 Å². The Morgan fingerprint density at radius 3 is 2.88 bits per heavy atom. The summed E-state index contributed by atoms with van der Waals surface area (Å²) in [5, 5.41) is 12.7. The second-order valence-electron chi connectivity index (χ2n) is 6.24. The minimum Gasteiger partial charge on any atom is -0.454 e. The van der Waals surface area contributed by atoms with Crippen molar-refractivity contribution in [1.82, 2.24) is 0 Å². The number of carbonyl (C=O) groups is 1. The lowest BCUT2D eigenvalue weighted by Gasteiger charge is -2.21. The molecule has 2 aromatic rings. The highest BCUT2D eigenvalue weighted by Crippen LogP contribution is 2.41. The highest BCUT2D eigenvalue weighted by Gasteiger charge is 2.27. The van der Waals surface area contributed by atoms with Crippen molar-refractivity contribution < 1.29 is 14.6 Å². The van der Waals surface area contributed by atoms with Crippen molar-refractivity contribution in [3.05, 3.63) is 45.9 Å². The molecule has 0 spiro atoms. The zero-order chi connectivity index (χ0) is 16.8. The first-order valence-corrected chi connectivity index (χ1v) is 8.67. The number of fused-ring (bicyclic) bond motifs is 2. The minimum atomic E-state index is -0.316. The number of amides is 1. The van der Waals surface area contributed by atoms with Crippen LogP contribution in [0.2, 0.25) is 0 Å². The van der Waals surface area contributed by atoms with E-state index in [1.807, 2.05) is 31.2 Å². The molecule has 6 heteroatoms. The number of nitrogens with one attached hydrogen (secondary N) is 1. The molecule has 1 atom stereocenters. The van der Waals surface area contributed by atoms with Gasteiger partial charge < -0.3 is 20.1 Å². The molecular weight excluding hydrogens is 372 g/mol. The Morgan fingerprint density at radius 1 is 1.29 bits per heavy atom. The smallest absolute Gasteiger partial charge is 0.259 e. The molecule has 2 heterocycles. The largest absolute Gasteiger partial charge is 0.454 e. The fourth-order valence-corrected chi connectivity index (χ4v) is 3.74. The van der Waals surface area contributed by atoms with Gasteiger partial charge in [0.15, 0.2) is 5.75 Å². The van der Waals surface area contributed by atoms with Crippen LogP contribution in [0.25, 0.3) is 0 Å². The summed E-state index contributed by atoms with van der Waals surface area (Å²) in [4.78, 5) is 14.6. The van der Waals surface area contributed by atoms with Crippen LogP contribution < -0.4 is 15.0 Å². The van der Waals surface area contributed by atoms with E-state index in [-0.39, 0.29) is 12.0 Å². The van der Waals surface area contributed by atoms with Crippen molar-refractivity contribution in [1.29, 1.82) is 0 Å². The lowest BCUT2D eigenvalue weighted by atomic mass is 10.1. The summed E-state index contributed by atoms with van der Waals surface area (Å²) in [6.45, 7) is 3.33. The summed E-state index contributed by atoms with van der Waals surface area (Å²) in [6.07, 6.45) is 0.427. The maximum absolute atomic E-state index is 12.6. The third-order valence-electron chi connectivity index (χ3n) is 4.40. The van der Waals surface area contributed by atoms with Gasteiger partial charge in [0.05, 0.1) is 23.0 Å². The number of aliphatic hydroxyl groups is 1. The number of anilines is 2. The SMILES string of the molecule is Cc1ccc2c(c1)NC(=O)c1cc(Br)c(N3CCC(O)C3)cc1O2. The van der Waals surface area contributed by atoms with Crippen LogP contribution in [-0.4, -0.2) is 30.2 Å². The summed E-state index contributed by atoms with van der Waals surface area (Å²) in [6, 6.07) is 9.36. The third kappa shape index (κ3) is 2.65. The zero-order valence-electron chi connectivity index (χ0n) is 13.2. The van der Waals surface area contributed by atoms with Gasteiger partial charge in [-0.05, 0) is 53.0 Å². The molecule has 2 aromatic carbocycles. The Morgan fingerprint density at radius 2 is 2.12 bits per heavy atom. The third-order valence-corrected chi connectivity index (χ3v) is 5.04. The molecule has 124 valence electrons. The molecule has 0 aromatic heterocycles. The number of rotatable bonds is 1. The van der Waals surface area contributed by atoms with Gasteiger partial charge in [0, 0.05) is 23.6 Å². The van der Waals surface area contributed by atoms with Gasteiger partial charge in [0.2, 0.25) is 0 Å². The molecule has 0 saturated carbocycles. The van der Waals surface area contributed by atoms with Crippen LogP contribution in [0, 0.1) is 6.92 Å². The molecule has 0 aliphatic carbocycles.